The fourth-order valence-electron chi connectivity index (χ4n) is 1.78. The van der Waals surface area contributed by atoms with Crippen LogP contribution in [0.4, 0.5) is 5.95 Å². The minimum atomic E-state index is -0.160. The zero-order chi connectivity index (χ0) is 13.3. The van der Waals surface area contributed by atoms with E-state index in [4.69, 9.17) is 0 Å². The number of nitrogens with zero attached hydrogens (tertiary/aromatic N) is 3. The van der Waals surface area contributed by atoms with Crippen molar-refractivity contribution >= 4 is 11.9 Å². The first kappa shape index (κ1) is 12.3. The Morgan fingerprint density at radius 2 is 1.94 bits per heavy atom. The second-order valence-electron chi connectivity index (χ2n) is 4.34. The van der Waals surface area contributed by atoms with E-state index in [9.17, 15) is 4.79 Å². The van der Waals surface area contributed by atoms with E-state index in [2.05, 4.69) is 15.4 Å². The SMILES string of the molecule is Cc1ccc(C(=O)Nc2ncnn2C)c(C)c1C. The fourth-order valence-corrected chi connectivity index (χ4v) is 1.78. The third-order valence-electron chi connectivity index (χ3n) is 3.24. The Morgan fingerprint density at radius 3 is 2.56 bits per heavy atom. The van der Waals surface area contributed by atoms with Gasteiger partial charge < -0.3 is 0 Å². The van der Waals surface area contributed by atoms with Crippen LogP contribution in [0.25, 0.3) is 0 Å². The number of aryl methyl sites for hydroxylation is 2. The summed E-state index contributed by atoms with van der Waals surface area (Å²) in [5.74, 6) is 0.282. The summed E-state index contributed by atoms with van der Waals surface area (Å²) in [5.41, 5.74) is 3.99. The zero-order valence-corrected chi connectivity index (χ0v) is 11.0. The van der Waals surface area contributed by atoms with E-state index in [1.807, 2.05) is 32.9 Å². The fraction of sp³-hybridized carbons (Fsp3) is 0.308. The number of aromatic nitrogens is 3. The highest BCUT2D eigenvalue weighted by Crippen LogP contribution is 2.18. The predicted octanol–water partition coefficient (Wildman–Crippen LogP) is 1.99. The van der Waals surface area contributed by atoms with Crippen LogP contribution in [-0.2, 0) is 7.05 Å². The smallest absolute Gasteiger partial charge is 0.258 e. The van der Waals surface area contributed by atoms with E-state index in [1.54, 1.807) is 7.05 Å². The molecule has 0 atom stereocenters. The molecule has 2 rings (SSSR count). The molecular formula is C13H16N4O. The number of amides is 1. The Morgan fingerprint density at radius 1 is 1.22 bits per heavy atom. The van der Waals surface area contributed by atoms with E-state index >= 15 is 0 Å². The first-order valence-corrected chi connectivity index (χ1v) is 5.73. The van der Waals surface area contributed by atoms with E-state index in [1.165, 1.54) is 16.6 Å². The molecule has 0 bridgehead atoms. The van der Waals surface area contributed by atoms with Gasteiger partial charge in [0.25, 0.3) is 5.91 Å². The number of hydrogen-bond donors (Lipinski definition) is 1. The van der Waals surface area contributed by atoms with Gasteiger partial charge in [-0.05, 0) is 43.5 Å². The van der Waals surface area contributed by atoms with Gasteiger partial charge in [-0.2, -0.15) is 10.1 Å². The van der Waals surface area contributed by atoms with Gasteiger partial charge in [-0.25, -0.2) is 4.68 Å². The third-order valence-corrected chi connectivity index (χ3v) is 3.24. The molecule has 0 spiro atoms. The number of rotatable bonds is 2. The molecule has 0 saturated heterocycles. The van der Waals surface area contributed by atoms with Crippen LogP contribution in [-0.4, -0.2) is 20.7 Å². The molecule has 0 saturated carbocycles. The summed E-state index contributed by atoms with van der Waals surface area (Å²) >= 11 is 0. The predicted molar refractivity (Wildman–Crippen MR) is 69.6 cm³/mol. The molecule has 5 nitrogen and oxygen atoms in total. The first-order chi connectivity index (χ1) is 8.50. The van der Waals surface area contributed by atoms with Gasteiger partial charge in [-0.3, -0.25) is 10.1 Å². The van der Waals surface area contributed by atoms with Crippen LogP contribution in [0, 0.1) is 20.8 Å². The van der Waals surface area contributed by atoms with Crippen LogP contribution < -0.4 is 5.32 Å². The van der Waals surface area contributed by atoms with Crippen LogP contribution in [0.5, 0.6) is 0 Å². The van der Waals surface area contributed by atoms with Gasteiger partial charge in [0.1, 0.15) is 6.33 Å². The van der Waals surface area contributed by atoms with E-state index in [0.29, 0.717) is 11.5 Å². The Kier molecular flexibility index (Phi) is 3.14. The van der Waals surface area contributed by atoms with Gasteiger partial charge in [0.05, 0.1) is 0 Å². The van der Waals surface area contributed by atoms with Crippen molar-refractivity contribution in [3.05, 3.63) is 40.7 Å². The van der Waals surface area contributed by atoms with Crippen LogP contribution in [0.15, 0.2) is 18.5 Å². The minimum Gasteiger partial charge on any atom is -0.291 e. The molecule has 1 N–H and O–H groups in total. The summed E-state index contributed by atoms with van der Waals surface area (Å²) in [6.45, 7) is 6.00. The molecular weight excluding hydrogens is 228 g/mol. The lowest BCUT2D eigenvalue weighted by Gasteiger charge is -2.10. The van der Waals surface area contributed by atoms with Crippen molar-refractivity contribution in [1.29, 1.82) is 0 Å². The molecule has 1 amide bonds. The second-order valence-corrected chi connectivity index (χ2v) is 4.34. The van der Waals surface area contributed by atoms with Crippen molar-refractivity contribution < 1.29 is 4.79 Å². The Bertz CT molecular complexity index is 601. The molecule has 1 heterocycles. The van der Waals surface area contributed by atoms with E-state index < -0.39 is 0 Å². The van der Waals surface area contributed by atoms with Gasteiger partial charge in [0.15, 0.2) is 0 Å². The average molecular weight is 244 g/mol. The van der Waals surface area contributed by atoms with Crippen molar-refractivity contribution in [3.8, 4) is 0 Å². The van der Waals surface area contributed by atoms with E-state index in [-0.39, 0.29) is 5.91 Å². The van der Waals surface area contributed by atoms with Crippen molar-refractivity contribution in [2.75, 3.05) is 5.32 Å². The standard InChI is InChI=1S/C13H16N4O/c1-8-5-6-11(10(3)9(8)2)12(18)16-13-14-7-15-17(13)4/h5-7H,1-4H3,(H,14,15,16,18). The maximum absolute atomic E-state index is 12.2. The largest absolute Gasteiger partial charge is 0.291 e. The number of benzene rings is 1. The molecule has 0 aliphatic rings. The number of carbonyl (C=O) groups excluding carboxylic acids is 1. The van der Waals surface area contributed by atoms with Crippen molar-refractivity contribution in [3.63, 3.8) is 0 Å². The lowest BCUT2D eigenvalue weighted by Crippen LogP contribution is -2.17. The Hall–Kier alpha value is -2.17. The molecule has 0 unspecified atom stereocenters. The summed E-state index contributed by atoms with van der Waals surface area (Å²) in [6.07, 6.45) is 1.41. The highest BCUT2D eigenvalue weighted by Gasteiger charge is 2.13. The van der Waals surface area contributed by atoms with Gasteiger partial charge in [0, 0.05) is 12.6 Å². The highest BCUT2D eigenvalue weighted by atomic mass is 16.1. The molecule has 0 radical (unpaired) electrons. The summed E-state index contributed by atoms with van der Waals surface area (Å²) in [4.78, 5) is 16.1. The van der Waals surface area contributed by atoms with Gasteiger partial charge in [-0.15, -0.1) is 0 Å². The van der Waals surface area contributed by atoms with Crippen LogP contribution in [0.2, 0.25) is 0 Å². The van der Waals surface area contributed by atoms with Crippen LogP contribution in [0.1, 0.15) is 27.0 Å². The molecule has 0 fully saturated rings. The lowest BCUT2D eigenvalue weighted by molar-refractivity contribution is 0.102. The molecule has 1 aromatic heterocycles. The molecule has 2 aromatic rings. The number of nitrogens with one attached hydrogen (secondary N) is 1. The molecule has 94 valence electrons. The minimum absolute atomic E-state index is 0.160. The highest BCUT2D eigenvalue weighted by molar-refractivity contribution is 6.04. The van der Waals surface area contributed by atoms with Crippen molar-refractivity contribution in [2.45, 2.75) is 20.8 Å². The molecule has 18 heavy (non-hydrogen) atoms. The zero-order valence-electron chi connectivity index (χ0n) is 11.0. The third kappa shape index (κ3) is 2.11. The van der Waals surface area contributed by atoms with Crippen LogP contribution in [0.3, 0.4) is 0 Å². The Labute approximate surface area is 106 Å². The molecule has 5 heteroatoms. The molecule has 0 aliphatic carbocycles. The number of anilines is 1. The maximum Gasteiger partial charge on any atom is 0.258 e. The van der Waals surface area contributed by atoms with Crippen molar-refractivity contribution in [1.82, 2.24) is 14.8 Å². The lowest BCUT2D eigenvalue weighted by atomic mass is 9.98. The van der Waals surface area contributed by atoms with E-state index in [0.717, 1.165) is 11.1 Å². The van der Waals surface area contributed by atoms with Crippen LogP contribution >= 0.6 is 0 Å². The van der Waals surface area contributed by atoms with Gasteiger partial charge in [0.2, 0.25) is 5.95 Å². The Balaban J connectivity index is 2.30. The van der Waals surface area contributed by atoms with Crippen molar-refractivity contribution in [2.24, 2.45) is 7.05 Å². The normalized spacial score (nSPS) is 10.4. The van der Waals surface area contributed by atoms with Gasteiger partial charge in [-0.1, -0.05) is 6.07 Å². The summed E-state index contributed by atoms with van der Waals surface area (Å²) in [5, 5.41) is 6.65. The first-order valence-electron chi connectivity index (χ1n) is 5.73. The monoisotopic (exact) mass is 244 g/mol. The molecule has 1 aromatic carbocycles. The van der Waals surface area contributed by atoms with Gasteiger partial charge >= 0.3 is 0 Å². The maximum atomic E-state index is 12.2. The number of hydrogen-bond acceptors (Lipinski definition) is 3. The molecule has 0 aliphatic heterocycles. The summed E-state index contributed by atoms with van der Waals surface area (Å²) in [7, 11) is 1.73. The average Bonchev–Trinajstić information content (AvgIpc) is 2.72. The summed E-state index contributed by atoms with van der Waals surface area (Å²) in [6, 6.07) is 3.79. The number of carbonyl (C=O) groups is 1. The topological polar surface area (TPSA) is 59.8 Å². The quantitative estimate of drug-likeness (QED) is 0.878. The second kappa shape index (κ2) is 4.60. The summed E-state index contributed by atoms with van der Waals surface area (Å²) < 4.78 is 1.52.